The third-order valence-corrected chi connectivity index (χ3v) is 3.37. The molecule has 3 rings (SSSR count). The van der Waals surface area contributed by atoms with Gasteiger partial charge in [-0.25, -0.2) is 9.97 Å². The summed E-state index contributed by atoms with van der Waals surface area (Å²) >= 11 is 9.41. The van der Waals surface area contributed by atoms with Crippen LogP contribution in [0.4, 0.5) is 0 Å². The van der Waals surface area contributed by atoms with Crippen molar-refractivity contribution in [3.63, 3.8) is 0 Å². The molecule has 19 heavy (non-hydrogen) atoms. The molecule has 0 aliphatic heterocycles. The van der Waals surface area contributed by atoms with Crippen LogP contribution < -0.4 is 4.74 Å². The van der Waals surface area contributed by atoms with Gasteiger partial charge in [-0.15, -0.1) is 0 Å². The van der Waals surface area contributed by atoms with Crippen LogP contribution >= 0.6 is 27.5 Å². The molecule has 0 saturated heterocycles. The average Bonchev–Trinajstić information content (AvgIpc) is 2.41. The van der Waals surface area contributed by atoms with Crippen molar-refractivity contribution in [1.82, 2.24) is 9.97 Å². The Morgan fingerprint density at radius 2 is 1.84 bits per heavy atom. The number of fused-ring (bicyclic) bond motifs is 1. The number of benzene rings is 2. The first kappa shape index (κ1) is 12.4. The Balaban J connectivity index is 1.98. The maximum Gasteiger partial charge on any atom is 0.241 e. The maximum absolute atomic E-state index is 5.96. The second-order valence-corrected chi connectivity index (χ2v) is 5.25. The number of ether oxygens (including phenoxy) is 1. The van der Waals surface area contributed by atoms with Crippen LogP contribution in [0.5, 0.6) is 11.6 Å². The largest absolute Gasteiger partial charge is 0.437 e. The number of rotatable bonds is 2. The average molecular weight is 336 g/mol. The van der Waals surface area contributed by atoms with E-state index in [1.165, 1.54) is 12.5 Å². The Labute approximate surface area is 123 Å². The Morgan fingerprint density at radius 1 is 1.05 bits per heavy atom. The summed E-state index contributed by atoms with van der Waals surface area (Å²) in [4.78, 5) is 7.81. The molecule has 0 spiro atoms. The van der Waals surface area contributed by atoms with E-state index in [-0.39, 0.29) is 0 Å². The smallest absolute Gasteiger partial charge is 0.241 e. The maximum atomic E-state index is 5.96. The third kappa shape index (κ3) is 2.69. The molecule has 3 nitrogen and oxygen atoms in total. The number of hydrogen-bond donors (Lipinski definition) is 0. The lowest BCUT2D eigenvalue weighted by Gasteiger charge is -2.07. The minimum absolute atomic E-state index is 0.355. The van der Waals surface area contributed by atoms with Gasteiger partial charge in [-0.3, -0.25) is 0 Å². The highest BCUT2D eigenvalue weighted by Crippen LogP contribution is 2.29. The second-order valence-electron chi connectivity index (χ2n) is 3.93. The van der Waals surface area contributed by atoms with Crippen molar-refractivity contribution in [2.75, 3.05) is 0 Å². The van der Waals surface area contributed by atoms with E-state index < -0.39 is 0 Å². The molecule has 0 unspecified atom stereocenters. The summed E-state index contributed by atoms with van der Waals surface area (Å²) in [5, 5.41) is 2.61. The van der Waals surface area contributed by atoms with Gasteiger partial charge in [0.1, 0.15) is 17.1 Å². The van der Waals surface area contributed by atoms with Gasteiger partial charge in [0.2, 0.25) is 5.88 Å². The van der Waals surface area contributed by atoms with Crippen molar-refractivity contribution in [1.29, 1.82) is 0 Å². The van der Waals surface area contributed by atoms with E-state index in [4.69, 9.17) is 16.3 Å². The van der Waals surface area contributed by atoms with Crippen LogP contribution in [0.15, 0.2) is 53.4 Å². The lowest BCUT2D eigenvalue weighted by molar-refractivity contribution is 0.462. The predicted molar refractivity (Wildman–Crippen MR) is 78.8 cm³/mol. The van der Waals surface area contributed by atoms with E-state index in [0.717, 1.165) is 15.2 Å². The highest BCUT2D eigenvalue weighted by Gasteiger charge is 2.05. The van der Waals surface area contributed by atoms with Gasteiger partial charge < -0.3 is 4.74 Å². The van der Waals surface area contributed by atoms with Crippen LogP contribution in [-0.2, 0) is 0 Å². The zero-order valence-electron chi connectivity index (χ0n) is 9.68. The van der Waals surface area contributed by atoms with Gasteiger partial charge in [-0.1, -0.05) is 39.7 Å². The molecule has 0 aliphatic rings. The monoisotopic (exact) mass is 334 g/mol. The quantitative estimate of drug-likeness (QED) is 0.672. The minimum Gasteiger partial charge on any atom is -0.437 e. The molecule has 0 fully saturated rings. The van der Waals surface area contributed by atoms with E-state index in [1.807, 2.05) is 30.3 Å². The van der Waals surface area contributed by atoms with Gasteiger partial charge in [0.25, 0.3) is 0 Å². The SMILES string of the molecule is Clc1cncnc1Oc1ccc2cc(Br)ccc2c1. The standard InChI is InChI=1S/C14H8BrClN2O/c15-11-3-1-10-6-12(4-2-9(10)5-11)19-14-13(16)7-17-8-18-14/h1-8H. The lowest BCUT2D eigenvalue weighted by Crippen LogP contribution is -1.89. The Hall–Kier alpha value is -1.65. The molecule has 5 heteroatoms. The van der Waals surface area contributed by atoms with E-state index in [1.54, 1.807) is 0 Å². The highest BCUT2D eigenvalue weighted by molar-refractivity contribution is 9.10. The molecule has 2 aromatic carbocycles. The van der Waals surface area contributed by atoms with E-state index in [0.29, 0.717) is 16.7 Å². The summed E-state index contributed by atoms with van der Waals surface area (Å²) < 4.78 is 6.70. The van der Waals surface area contributed by atoms with Gasteiger partial charge in [0, 0.05) is 4.47 Å². The van der Waals surface area contributed by atoms with Crippen LogP contribution in [0.2, 0.25) is 5.02 Å². The van der Waals surface area contributed by atoms with Crippen molar-refractivity contribution >= 4 is 38.3 Å². The predicted octanol–water partition coefficient (Wildman–Crippen LogP) is 4.84. The van der Waals surface area contributed by atoms with Crippen molar-refractivity contribution in [2.45, 2.75) is 0 Å². The number of halogens is 2. The molecule has 0 N–H and O–H groups in total. The minimum atomic E-state index is 0.355. The van der Waals surface area contributed by atoms with E-state index in [9.17, 15) is 0 Å². The van der Waals surface area contributed by atoms with E-state index in [2.05, 4.69) is 32.0 Å². The first-order chi connectivity index (χ1) is 9.22. The zero-order valence-corrected chi connectivity index (χ0v) is 12.0. The van der Waals surface area contributed by atoms with Gasteiger partial charge in [-0.05, 0) is 35.0 Å². The van der Waals surface area contributed by atoms with Crippen molar-refractivity contribution in [3.05, 3.63) is 58.4 Å². The van der Waals surface area contributed by atoms with Crippen molar-refractivity contribution in [3.8, 4) is 11.6 Å². The molecule has 0 atom stereocenters. The fourth-order valence-electron chi connectivity index (χ4n) is 1.75. The van der Waals surface area contributed by atoms with Crippen LogP contribution in [0.3, 0.4) is 0 Å². The molecule has 1 heterocycles. The van der Waals surface area contributed by atoms with Crippen molar-refractivity contribution in [2.24, 2.45) is 0 Å². The fourth-order valence-corrected chi connectivity index (χ4v) is 2.27. The van der Waals surface area contributed by atoms with Gasteiger partial charge >= 0.3 is 0 Å². The van der Waals surface area contributed by atoms with Crippen LogP contribution in [0.1, 0.15) is 0 Å². The van der Waals surface area contributed by atoms with Crippen LogP contribution in [0, 0.1) is 0 Å². The molecule has 0 amide bonds. The Kier molecular flexibility index (Phi) is 3.36. The third-order valence-electron chi connectivity index (χ3n) is 2.62. The summed E-state index contributed by atoms with van der Waals surface area (Å²) in [6.45, 7) is 0. The first-order valence-corrected chi connectivity index (χ1v) is 6.72. The Bertz CT molecular complexity index is 748. The topological polar surface area (TPSA) is 35.0 Å². The molecular formula is C14H8BrClN2O. The van der Waals surface area contributed by atoms with Crippen LogP contribution in [0.25, 0.3) is 10.8 Å². The summed E-state index contributed by atoms with van der Waals surface area (Å²) in [6.07, 6.45) is 2.90. The summed E-state index contributed by atoms with van der Waals surface area (Å²) in [5.41, 5.74) is 0. The molecule has 0 aliphatic carbocycles. The number of hydrogen-bond acceptors (Lipinski definition) is 3. The van der Waals surface area contributed by atoms with Gasteiger partial charge in [0.15, 0.2) is 0 Å². The normalized spacial score (nSPS) is 10.6. The molecule has 1 aromatic heterocycles. The first-order valence-electron chi connectivity index (χ1n) is 5.55. The van der Waals surface area contributed by atoms with Crippen molar-refractivity contribution < 1.29 is 4.74 Å². The molecule has 0 bridgehead atoms. The van der Waals surface area contributed by atoms with Crippen LogP contribution in [-0.4, -0.2) is 9.97 Å². The zero-order chi connectivity index (χ0) is 13.2. The molecule has 0 saturated carbocycles. The molecule has 94 valence electrons. The fraction of sp³-hybridized carbons (Fsp3) is 0. The molecule has 0 radical (unpaired) electrons. The molecular weight excluding hydrogens is 328 g/mol. The van der Waals surface area contributed by atoms with E-state index >= 15 is 0 Å². The molecule has 3 aromatic rings. The summed E-state index contributed by atoms with van der Waals surface area (Å²) in [7, 11) is 0. The Morgan fingerprint density at radius 3 is 2.68 bits per heavy atom. The summed E-state index contributed by atoms with van der Waals surface area (Å²) in [6, 6.07) is 11.9. The number of nitrogens with zero attached hydrogens (tertiary/aromatic N) is 2. The summed E-state index contributed by atoms with van der Waals surface area (Å²) in [5.74, 6) is 1.04. The second kappa shape index (κ2) is 5.15. The van der Waals surface area contributed by atoms with Gasteiger partial charge in [-0.2, -0.15) is 0 Å². The lowest BCUT2D eigenvalue weighted by atomic mass is 10.1. The van der Waals surface area contributed by atoms with Gasteiger partial charge in [0.05, 0.1) is 6.20 Å². The highest BCUT2D eigenvalue weighted by atomic mass is 79.9. The number of aromatic nitrogens is 2.